The summed E-state index contributed by atoms with van der Waals surface area (Å²) < 4.78 is 0. The van der Waals surface area contributed by atoms with Gasteiger partial charge in [0.1, 0.15) is 0 Å². The van der Waals surface area contributed by atoms with Crippen molar-refractivity contribution in [3.05, 3.63) is 0 Å². The standard InChI is InChI=1S/C10H22N2OS/c1-6-12(10(13)9(3)14)8(2)7-11(4)5/h8-9,14H,6-7H2,1-5H3. The van der Waals surface area contributed by atoms with Gasteiger partial charge in [-0.2, -0.15) is 12.6 Å². The second-order valence-electron chi connectivity index (χ2n) is 3.91. The summed E-state index contributed by atoms with van der Waals surface area (Å²) in [5.74, 6) is 0.116. The molecule has 1 amide bonds. The minimum absolute atomic E-state index is 0.116. The molecule has 0 aliphatic heterocycles. The Kier molecular flexibility index (Phi) is 6.20. The molecule has 84 valence electrons. The second-order valence-corrected chi connectivity index (χ2v) is 4.69. The van der Waals surface area contributed by atoms with Gasteiger partial charge in [0.15, 0.2) is 0 Å². The zero-order valence-corrected chi connectivity index (χ0v) is 10.7. The first-order valence-corrected chi connectivity index (χ1v) is 5.55. The van der Waals surface area contributed by atoms with E-state index < -0.39 is 0 Å². The Bertz CT molecular complexity index is 183. The van der Waals surface area contributed by atoms with Crippen molar-refractivity contribution >= 4 is 18.5 Å². The fourth-order valence-corrected chi connectivity index (χ4v) is 1.70. The Morgan fingerprint density at radius 1 is 1.36 bits per heavy atom. The van der Waals surface area contributed by atoms with E-state index in [0.717, 1.165) is 13.1 Å². The summed E-state index contributed by atoms with van der Waals surface area (Å²) in [6, 6.07) is 0.247. The van der Waals surface area contributed by atoms with Crippen LogP contribution in [0.25, 0.3) is 0 Å². The highest BCUT2D eigenvalue weighted by molar-refractivity contribution is 7.81. The van der Waals surface area contributed by atoms with Crippen LogP contribution in [0.5, 0.6) is 0 Å². The summed E-state index contributed by atoms with van der Waals surface area (Å²) in [6.07, 6.45) is 0. The van der Waals surface area contributed by atoms with E-state index in [0.29, 0.717) is 0 Å². The van der Waals surface area contributed by atoms with E-state index in [1.54, 1.807) is 0 Å². The summed E-state index contributed by atoms with van der Waals surface area (Å²) in [4.78, 5) is 15.7. The molecule has 0 heterocycles. The molecule has 2 atom stereocenters. The Morgan fingerprint density at radius 3 is 2.14 bits per heavy atom. The molecule has 2 unspecified atom stereocenters. The molecule has 0 saturated carbocycles. The van der Waals surface area contributed by atoms with Gasteiger partial charge in [-0.15, -0.1) is 0 Å². The number of carbonyl (C=O) groups excluding carboxylic acids is 1. The highest BCUT2D eigenvalue weighted by atomic mass is 32.1. The summed E-state index contributed by atoms with van der Waals surface area (Å²) in [6.45, 7) is 7.52. The Balaban J connectivity index is 4.32. The number of rotatable bonds is 5. The molecule has 0 spiro atoms. The normalized spacial score (nSPS) is 15.4. The molecule has 0 aliphatic rings. The molecule has 4 heteroatoms. The van der Waals surface area contributed by atoms with Gasteiger partial charge in [-0.25, -0.2) is 0 Å². The third-order valence-electron chi connectivity index (χ3n) is 2.14. The summed E-state index contributed by atoms with van der Waals surface area (Å²) >= 11 is 4.17. The minimum atomic E-state index is -0.209. The quantitative estimate of drug-likeness (QED) is 0.699. The van der Waals surface area contributed by atoms with E-state index in [9.17, 15) is 4.79 Å². The maximum atomic E-state index is 11.7. The molecule has 0 aromatic rings. The lowest BCUT2D eigenvalue weighted by molar-refractivity contribution is -0.132. The van der Waals surface area contributed by atoms with E-state index in [-0.39, 0.29) is 17.2 Å². The smallest absolute Gasteiger partial charge is 0.235 e. The van der Waals surface area contributed by atoms with Crippen LogP contribution in [0.2, 0.25) is 0 Å². The zero-order valence-electron chi connectivity index (χ0n) is 9.82. The van der Waals surface area contributed by atoms with Crippen molar-refractivity contribution in [3.63, 3.8) is 0 Å². The van der Waals surface area contributed by atoms with Gasteiger partial charge in [-0.1, -0.05) is 0 Å². The number of carbonyl (C=O) groups is 1. The van der Waals surface area contributed by atoms with Gasteiger partial charge in [-0.05, 0) is 34.9 Å². The summed E-state index contributed by atoms with van der Waals surface area (Å²) in [5, 5.41) is -0.209. The molecule has 0 N–H and O–H groups in total. The van der Waals surface area contributed by atoms with Gasteiger partial charge in [0.2, 0.25) is 5.91 Å². The third-order valence-corrected chi connectivity index (χ3v) is 2.36. The number of amides is 1. The predicted octanol–water partition coefficient (Wildman–Crippen LogP) is 1.10. The number of thiol groups is 1. The van der Waals surface area contributed by atoms with Gasteiger partial charge in [0.05, 0.1) is 5.25 Å². The van der Waals surface area contributed by atoms with Crippen LogP contribution in [-0.4, -0.2) is 54.2 Å². The molecular weight excluding hydrogens is 196 g/mol. The molecular formula is C10H22N2OS. The molecule has 0 bridgehead atoms. The van der Waals surface area contributed by atoms with Crippen LogP contribution in [-0.2, 0) is 4.79 Å². The Morgan fingerprint density at radius 2 is 1.86 bits per heavy atom. The van der Waals surface area contributed by atoms with Gasteiger partial charge < -0.3 is 9.80 Å². The van der Waals surface area contributed by atoms with E-state index in [4.69, 9.17) is 0 Å². The molecule has 3 nitrogen and oxygen atoms in total. The summed E-state index contributed by atoms with van der Waals surface area (Å²) in [5.41, 5.74) is 0. The van der Waals surface area contributed by atoms with Crippen molar-refractivity contribution in [1.82, 2.24) is 9.80 Å². The van der Waals surface area contributed by atoms with E-state index in [1.807, 2.05) is 32.8 Å². The van der Waals surface area contributed by atoms with E-state index >= 15 is 0 Å². The van der Waals surface area contributed by atoms with Crippen LogP contribution < -0.4 is 0 Å². The molecule has 0 rings (SSSR count). The van der Waals surface area contributed by atoms with Gasteiger partial charge >= 0.3 is 0 Å². The maximum absolute atomic E-state index is 11.7. The molecule has 0 fully saturated rings. The van der Waals surface area contributed by atoms with Gasteiger partial charge in [0.25, 0.3) is 0 Å². The van der Waals surface area contributed by atoms with Crippen LogP contribution in [0, 0.1) is 0 Å². The van der Waals surface area contributed by atoms with Gasteiger partial charge in [0, 0.05) is 19.1 Å². The second kappa shape index (κ2) is 6.30. The van der Waals surface area contributed by atoms with E-state index in [2.05, 4.69) is 24.5 Å². The van der Waals surface area contributed by atoms with Crippen LogP contribution in [0.15, 0.2) is 0 Å². The van der Waals surface area contributed by atoms with E-state index in [1.165, 1.54) is 0 Å². The molecule has 0 aliphatic carbocycles. The number of hydrogen-bond donors (Lipinski definition) is 1. The minimum Gasteiger partial charge on any atom is -0.338 e. The first kappa shape index (κ1) is 13.8. The molecule has 14 heavy (non-hydrogen) atoms. The van der Waals surface area contributed by atoms with Crippen molar-refractivity contribution < 1.29 is 4.79 Å². The first-order chi connectivity index (χ1) is 6.40. The fourth-order valence-electron chi connectivity index (χ4n) is 1.55. The highest BCUT2D eigenvalue weighted by Crippen LogP contribution is 2.06. The fraction of sp³-hybridized carbons (Fsp3) is 0.900. The first-order valence-electron chi connectivity index (χ1n) is 5.03. The molecule has 0 aromatic heterocycles. The maximum Gasteiger partial charge on any atom is 0.235 e. The van der Waals surface area contributed by atoms with Crippen molar-refractivity contribution in [2.24, 2.45) is 0 Å². The van der Waals surface area contributed by atoms with Crippen LogP contribution in [0.1, 0.15) is 20.8 Å². The lowest BCUT2D eigenvalue weighted by atomic mass is 10.2. The highest BCUT2D eigenvalue weighted by Gasteiger charge is 2.21. The van der Waals surface area contributed by atoms with Crippen LogP contribution >= 0.6 is 12.6 Å². The van der Waals surface area contributed by atoms with Crippen LogP contribution in [0.4, 0.5) is 0 Å². The zero-order chi connectivity index (χ0) is 11.3. The van der Waals surface area contributed by atoms with Crippen LogP contribution in [0.3, 0.4) is 0 Å². The topological polar surface area (TPSA) is 23.6 Å². The third kappa shape index (κ3) is 4.33. The largest absolute Gasteiger partial charge is 0.338 e. The van der Waals surface area contributed by atoms with Crippen molar-refractivity contribution in [2.75, 3.05) is 27.2 Å². The SMILES string of the molecule is CCN(C(=O)C(C)S)C(C)CN(C)C. The lowest BCUT2D eigenvalue weighted by Gasteiger charge is -2.31. The predicted molar refractivity (Wildman–Crippen MR) is 63.9 cm³/mol. The molecule has 0 aromatic carbocycles. The van der Waals surface area contributed by atoms with Crippen molar-refractivity contribution in [1.29, 1.82) is 0 Å². The molecule has 0 radical (unpaired) electrons. The Hall–Kier alpha value is -0.220. The monoisotopic (exact) mass is 218 g/mol. The summed E-state index contributed by atoms with van der Waals surface area (Å²) in [7, 11) is 4.03. The lowest BCUT2D eigenvalue weighted by Crippen LogP contribution is -2.46. The average Bonchev–Trinajstić information content (AvgIpc) is 2.03. The van der Waals surface area contributed by atoms with Crippen molar-refractivity contribution in [2.45, 2.75) is 32.1 Å². The molecule has 0 saturated heterocycles. The van der Waals surface area contributed by atoms with Crippen molar-refractivity contribution in [3.8, 4) is 0 Å². The van der Waals surface area contributed by atoms with Gasteiger partial charge in [-0.3, -0.25) is 4.79 Å². The number of likely N-dealkylation sites (N-methyl/N-ethyl adjacent to an activating group) is 2. The number of hydrogen-bond acceptors (Lipinski definition) is 3. The average molecular weight is 218 g/mol. The number of nitrogens with zero attached hydrogens (tertiary/aromatic N) is 2. The Labute approximate surface area is 92.9 Å².